The smallest absolute Gasteiger partial charge is 0.254 e. The van der Waals surface area contributed by atoms with E-state index in [1.807, 2.05) is 18.4 Å². The largest absolute Gasteiger partial charge is 0.336 e. The van der Waals surface area contributed by atoms with Gasteiger partial charge in [0.2, 0.25) is 0 Å². The van der Waals surface area contributed by atoms with E-state index in [2.05, 4.69) is 16.8 Å². The fourth-order valence-electron chi connectivity index (χ4n) is 1.64. The molecule has 20 heavy (non-hydrogen) atoms. The van der Waals surface area contributed by atoms with Crippen LogP contribution in [0.3, 0.4) is 0 Å². The Morgan fingerprint density at radius 3 is 2.95 bits per heavy atom. The zero-order chi connectivity index (χ0) is 14.5. The van der Waals surface area contributed by atoms with Gasteiger partial charge in [-0.05, 0) is 13.0 Å². The van der Waals surface area contributed by atoms with Gasteiger partial charge in [-0.2, -0.15) is 0 Å². The van der Waals surface area contributed by atoms with Crippen LogP contribution in [-0.4, -0.2) is 29.4 Å². The highest BCUT2D eigenvalue weighted by Gasteiger charge is 2.15. The quantitative estimate of drug-likeness (QED) is 0.883. The van der Waals surface area contributed by atoms with Crippen molar-refractivity contribution >= 4 is 28.6 Å². The molecule has 0 aliphatic rings. The number of aryl methyl sites for hydroxylation is 1. The second kappa shape index (κ2) is 6.66. The van der Waals surface area contributed by atoms with Gasteiger partial charge in [-0.15, -0.1) is 22.7 Å². The van der Waals surface area contributed by atoms with E-state index in [-0.39, 0.29) is 5.91 Å². The van der Waals surface area contributed by atoms with E-state index in [0.29, 0.717) is 18.7 Å². The van der Waals surface area contributed by atoms with E-state index in [1.165, 1.54) is 11.3 Å². The Bertz CT molecular complexity index is 663. The van der Waals surface area contributed by atoms with Crippen LogP contribution in [0.5, 0.6) is 0 Å². The van der Waals surface area contributed by atoms with Crippen molar-refractivity contribution in [2.75, 3.05) is 13.6 Å². The summed E-state index contributed by atoms with van der Waals surface area (Å²) < 4.78 is 0. The molecule has 0 spiro atoms. The molecule has 0 aliphatic heterocycles. The fourth-order valence-corrected chi connectivity index (χ4v) is 3.22. The average Bonchev–Trinajstić information content (AvgIpc) is 3.05. The van der Waals surface area contributed by atoms with Crippen LogP contribution < -0.4 is 5.73 Å². The standard InChI is InChI=1S/C14H15N3OS2/c1-10-13(20-9-16-10)7-17(2)14(18)11-6-12(19-8-11)4-3-5-15/h6,8-9H,5,7,15H2,1-2H3. The van der Waals surface area contributed by atoms with E-state index in [0.717, 1.165) is 15.4 Å². The molecule has 0 unspecified atom stereocenters. The Hall–Kier alpha value is -1.68. The summed E-state index contributed by atoms with van der Waals surface area (Å²) in [5, 5.41) is 1.83. The van der Waals surface area contributed by atoms with E-state index in [9.17, 15) is 4.79 Å². The van der Waals surface area contributed by atoms with Gasteiger partial charge in [0.15, 0.2) is 0 Å². The summed E-state index contributed by atoms with van der Waals surface area (Å²) in [4.78, 5) is 20.2. The average molecular weight is 305 g/mol. The number of rotatable bonds is 3. The Morgan fingerprint density at radius 1 is 1.50 bits per heavy atom. The van der Waals surface area contributed by atoms with Gasteiger partial charge in [0.1, 0.15) is 0 Å². The van der Waals surface area contributed by atoms with Crippen molar-refractivity contribution in [3.63, 3.8) is 0 Å². The number of nitrogens with two attached hydrogens (primary N) is 1. The second-order valence-corrected chi connectivity index (χ2v) is 6.08. The van der Waals surface area contributed by atoms with Gasteiger partial charge in [0, 0.05) is 17.3 Å². The SMILES string of the molecule is Cc1ncsc1CN(C)C(=O)c1csc(C#CCN)c1. The number of carbonyl (C=O) groups excluding carboxylic acids is 1. The molecule has 6 heteroatoms. The first kappa shape index (κ1) is 14.7. The molecule has 0 aromatic carbocycles. The molecule has 0 bridgehead atoms. The van der Waals surface area contributed by atoms with Gasteiger partial charge < -0.3 is 10.6 Å². The van der Waals surface area contributed by atoms with Crippen LogP contribution in [0, 0.1) is 18.8 Å². The van der Waals surface area contributed by atoms with E-state index >= 15 is 0 Å². The molecule has 0 saturated carbocycles. The van der Waals surface area contributed by atoms with Crippen molar-refractivity contribution in [3.05, 3.63) is 38.0 Å². The maximum Gasteiger partial charge on any atom is 0.254 e. The third-order valence-electron chi connectivity index (χ3n) is 2.73. The third kappa shape index (κ3) is 3.45. The Labute approximate surface area is 126 Å². The summed E-state index contributed by atoms with van der Waals surface area (Å²) >= 11 is 3.03. The van der Waals surface area contributed by atoms with E-state index in [4.69, 9.17) is 5.73 Å². The molecule has 0 aliphatic carbocycles. The number of nitrogens with zero attached hydrogens (tertiary/aromatic N) is 2. The Kier molecular flexibility index (Phi) is 4.90. The highest BCUT2D eigenvalue weighted by atomic mass is 32.1. The molecule has 0 saturated heterocycles. The summed E-state index contributed by atoms with van der Waals surface area (Å²) in [6.45, 7) is 2.86. The number of hydrogen-bond acceptors (Lipinski definition) is 5. The molecule has 2 rings (SSSR count). The molecule has 2 aromatic rings. The van der Waals surface area contributed by atoms with Crippen molar-refractivity contribution in [1.82, 2.24) is 9.88 Å². The molecule has 0 atom stereocenters. The number of carbonyl (C=O) groups is 1. The Balaban J connectivity index is 2.07. The summed E-state index contributed by atoms with van der Waals surface area (Å²) in [5.41, 5.74) is 8.78. The zero-order valence-electron chi connectivity index (χ0n) is 11.3. The predicted octanol–water partition coefficient (Wildman–Crippen LogP) is 2.10. The number of hydrogen-bond donors (Lipinski definition) is 1. The van der Waals surface area contributed by atoms with Crippen molar-refractivity contribution in [3.8, 4) is 11.8 Å². The molecule has 4 nitrogen and oxygen atoms in total. The van der Waals surface area contributed by atoms with E-state index < -0.39 is 0 Å². The second-order valence-electron chi connectivity index (χ2n) is 4.23. The summed E-state index contributed by atoms with van der Waals surface area (Å²) in [6.07, 6.45) is 0. The highest BCUT2D eigenvalue weighted by Crippen LogP contribution is 2.18. The lowest BCUT2D eigenvalue weighted by molar-refractivity contribution is 0.0787. The molecule has 2 heterocycles. The van der Waals surface area contributed by atoms with Gasteiger partial charge >= 0.3 is 0 Å². The molecule has 104 valence electrons. The molecule has 2 N–H and O–H groups in total. The molecule has 0 fully saturated rings. The summed E-state index contributed by atoms with van der Waals surface area (Å²) in [7, 11) is 1.80. The van der Waals surface area contributed by atoms with Crippen LogP contribution in [0.25, 0.3) is 0 Å². The lowest BCUT2D eigenvalue weighted by Crippen LogP contribution is -2.25. The zero-order valence-corrected chi connectivity index (χ0v) is 13.0. The Morgan fingerprint density at radius 2 is 2.30 bits per heavy atom. The number of amides is 1. The van der Waals surface area contributed by atoms with Crippen LogP contribution in [0.2, 0.25) is 0 Å². The van der Waals surface area contributed by atoms with E-state index in [1.54, 1.807) is 28.8 Å². The molecule has 0 radical (unpaired) electrons. The number of thiazole rings is 1. The van der Waals surface area contributed by atoms with Gasteiger partial charge in [-0.3, -0.25) is 4.79 Å². The van der Waals surface area contributed by atoms with Crippen LogP contribution >= 0.6 is 22.7 Å². The van der Waals surface area contributed by atoms with Crippen molar-refractivity contribution in [2.45, 2.75) is 13.5 Å². The molecule has 1 amide bonds. The maximum absolute atomic E-state index is 12.3. The minimum atomic E-state index is -0.00477. The first-order chi connectivity index (χ1) is 9.61. The molecular weight excluding hydrogens is 290 g/mol. The van der Waals surface area contributed by atoms with Crippen molar-refractivity contribution in [1.29, 1.82) is 0 Å². The topological polar surface area (TPSA) is 59.2 Å². The van der Waals surface area contributed by atoms with Gasteiger partial charge in [0.25, 0.3) is 5.91 Å². The fraction of sp³-hybridized carbons (Fsp3) is 0.286. The van der Waals surface area contributed by atoms with Gasteiger partial charge in [-0.1, -0.05) is 11.8 Å². The monoisotopic (exact) mass is 305 g/mol. The number of thiophene rings is 1. The van der Waals surface area contributed by atoms with Crippen LogP contribution in [0.4, 0.5) is 0 Å². The first-order valence-electron chi connectivity index (χ1n) is 6.03. The van der Waals surface area contributed by atoms with Crippen LogP contribution in [0.15, 0.2) is 17.0 Å². The molecule has 2 aromatic heterocycles. The normalized spacial score (nSPS) is 9.95. The first-order valence-corrected chi connectivity index (χ1v) is 7.79. The van der Waals surface area contributed by atoms with Crippen LogP contribution in [0.1, 0.15) is 25.8 Å². The summed E-state index contributed by atoms with van der Waals surface area (Å²) in [5.74, 6) is 5.72. The lowest BCUT2D eigenvalue weighted by Gasteiger charge is -2.15. The minimum Gasteiger partial charge on any atom is -0.336 e. The lowest BCUT2D eigenvalue weighted by atomic mass is 10.2. The third-order valence-corrected chi connectivity index (χ3v) is 4.50. The minimum absolute atomic E-state index is 0.00477. The summed E-state index contributed by atoms with van der Waals surface area (Å²) in [6, 6.07) is 1.81. The van der Waals surface area contributed by atoms with Crippen molar-refractivity contribution < 1.29 is 4.79 Å². The predicted molar refractivity (Wildman–Crippen MR) is 82.9 cm³/mol. The van der Waals surface area contributed by atoms with Gasteiger partial charge in [-0.25, -0.2) is 4.98 Å². The highest BCUT2D eigenvalue weighted by molar-refractivity contribution is 7.10. The van der Waals surface area contributed by atoms with Crippen LogP contribution in [-0.2, 0) is 6.54 Å². The number of aromatic nitrogens is 1. The maximum atomic E-state index is 12.3. The van der Waals surface area contributed by atoms with Gasteiger partial charge in [0.05, 0.1) is 34.7 Å². The van der Waals surface area contributed by atoms with Crippen molar-refractivity contribution in [2.24, 2.45) is 5.73 Å². The molecular formula is C14H15N3OS2.